The first-order valence-electron chi connectivity index (χ1n) is 8.67. The Bertz CT molecular complexity index is 605. The first kappa shape index (κ1) is 15.5. The lowest BCUT2D eigenvalue weighted by atomic mass is 9.43. The van der Waals surface area contributed by atoms with E-state index in [1.807, 2.05) is 12.1 Å². The number of nitrogens with two attached hydrogens (primary N) is 1. The van der Waals surface area contributed by atoms with Crippen molar-refractivity contribution in [1.29, 1.82) is 0 Å². The van der Waals surface area contributed by atoms with E-state index in [0.29, 0.717) is 17.8 Å². The van der Waals surface area contributed by atoms with Crippen LogP contribution < -0.4 is 5.73 Å². The monoisotopic (exact) mass is 315 g/mol. The third kappa shape index (κ3) is 2.24. The van der Waals surface area contributed by atoms with E-state index in [2.05, 4.69) is 20.8 Å². The molecule has 0 unspecified atom stereocenters. The van der Waals surface area contributed by atoms with Crippen LogP contribution in [0.5, 0.6) is 5.75 Å². The van der Waals surface area contributed by atoms with Crippen molar-refractivity contribution in [2.75, 3.05) is 0 Å². The number of benzene rings is 1. The number of phenolic OH excluding ortho intramolecular Hbond substituents is 1. The Hall–Kier alpha value is -1.04. The lowest BCUT2D eigenvalue weighted by Crippen LogP contribution is -2.65. The molecule has 1 heterocycles. The van der Waals surface area contributed by atoms with Gasteiger partial charge in [0.15, 0.2) is 0 Å². The molecule has 124 valence electrons. The van der Waals surface area contributed by atoms with Gasteiger partial charge in [0.25, 0.3) is 0 Å². The molecule has 1 saturated heterocycles. The molecule has 4 nitrogen and oxygen atoms in total. The highest BCUT2D eigenvalue weighted by Gasteiger charge is 2.68. The standard InChI is InChI=1S/C18H26BNO3/c1-17(2)12-9-14(17)18(3)15(10-12)22-19(23-18)16(20)8-11-4-6-13(21)7-5-11/h4-7,12,14-16,21H,8-10,20H2,1-3H3/t12-,14-,15-,16-,18-/m0/s1. The smallest absolute Gasteiger partial charge is 0.475 e. The highest BCUT2D eigenvalue weighted by atomic mass is 16.7. The van der Waals surface area contributed by atoms with E-state index in [-0.39, 0.29) is 30.5 Å². The van der Waals surface area contributed by atoms with Gasteiger partial charge in [0.1, 0.15) is 5.75 Å². The Morgan fingerprint density at radius 1 is 1.26 bits per heavy atom. The molecule has 5 rings (SSSR count). The third-order valence-corrected chi connectivity index (χ3v) is 6.73. The molecule has 23 heavy (non-hydrogen) atoms. The molecule has 0 aromatic heterocycles. The minimum Gasteiger partial charge on any atom is -0.508 e. The van der Waals surface area contributed by atoms with Crippen LogP contribution >= 0.6 is 0 Å². The second kappa shape index (κ2) is 4.98. The second-order valence-electron chi connectivity index (χ2n) is 8.37. The van der Waals surface area contributed by atoms with Crippen LogP contribution in [-0.4, -0.2) is 29.9 Å². The largest absolute Gasteiger partial charge is 0.508 e. The van der Waals surface area contributed by atoms with Gasteiger partial charge >= 0.3 is 7.12 Å². The first-order valence-corrected chi connectivity index (χ1v) is 8.67. The average Bonchev–Trinajstić information content (AvgIpc) is 2.86. The molecule has 2 bridgehead atoms. The predicted octanol–water partition coefficient (Wildman–Crippen LogP) is 2.53. The summed E-state index contributed by atoms with van der Waals surface area (Å²) in [7, 11) is -0.339. The molecule has 3 saturated carbocycles. The maximum atomic E-state index is 9.38. The molecule has 3 N–H and O–H groups in total. The number of phenols is 1. The molecular formula is C18H26BNO3. The summed E-state index contributed by atoms with van der Waals surface area (Å²) in [5, 5.41) is 9.38. The zero-order valence-electron chi connectivity index (χ0n) is 14.2. The van der Waals surface area contributed by atoms with Crippen molar-refractivity contribution < 1.29 is 14.4 Å². The van der Waals surface area contributed by atoms with Crippen LogP contribution in [0.3, 0.4) is 0 Å². The Kier molecular flexibility index (Phi) is 3.35. The van der Waals surface area contributed by atoms with Gasteiger partial charge in [-0.05, 0) is 61.1 Å². The summed E-state index contributed by atoms with van der Waals surface area (Å²) >= 11 is 0. The highest BCUT2D eigenvalue weighted by Crippen LogP contribution is 2.65. The normalized spacial score (nSPS) is 38.8. The molecule has 1 aromatic rings. The fourth-order valence-corrected chi connectivity index (χ4v) is 5.08. The fourth-order valence-electron chi connectivity index (χ4n) is 5.08. The number of rotatable bonds is 3. The van der Waals surface area contributed by atoms with Crippen molar-refractivity contribution in [2.24, 2.45) is 23.0 Å². The fraction of sp³-hybridized carbons (Fsp3) is 0.667. The molecule has 4 fully saturated rings. The Balaban J connectivity index is 1.47. The Morgan fingerprint density at radius 2 is 1.96 bits per heavy atom. The lowest BCUT2D eigenvalue weighted by Gasteiger charge is -2.64. The third-order valence-electron chi connectivity index (χ3n) is 6.73. The molecule has 3 aliphatic carbocycles. The lowest BCUT2D eigenvalue weighted by molar-refractivity contribution is -0.199. The first-order chi connectivity index (χ1) is 10.8. The average molecular weight is 315 g/mol. The van der Waals surface area contributed by atoms with Crippen molar-refractivity contribution in [3.05, 3.63) is 29.8 Å². The summed E-state index contributed by atoms with van der Waals surface area (Å²) in [5.74, 6) is 1.39. The van der Waals surface area contributed by atoms with Gasteiger partial charge in [-0.3, -0.25) is 0 Å². The van der Waals surface area contributed by atoms with Crippen LogP contribution in [0.1, 0.15) is 39.2 Å². The minimum absolute atomic E-state index is 0.176. The van der Waals surface area contributed by atoms with Gasteiger partial charge in [-0.15, -0.1) is 0 Å². The van der Waals surface area contributed by atoms with Gasteiger partial charge in [-0.1, -0.05) is 26.0 Å². The molecule has 5 heteroatoms. The highest BCUT2D eigenvalue weighted by molar-refractivity contribution is 6.47. The molecule has 4 aliphatic rings. The second-order valence-corrected chi connectivity index (χ2v) is 8.37. The zero-order valence-corrected chi connectivity index (χ0v) is 14.2. The zero-order chi connectivity index (χ0) is 16.4. The number of hydrogen-bond donors (Lipinski definition) is 2. The molecule has 1 aliphatic heterocycles. The van der Waals surface area contributed by atoms with Gasteiger partial charge in [-0.25, -0.2) is 0 Å². The maximum absolute atomic E-state index is 9.38. The van der Waals surface area contributed by atoms with Crippen molar-refractivity contribution >= 4 is 7.12 Å². The summed E-state index contributed by atoms with van der Waals surface area (Å²) < 4.78 is 12.6. The molecule has 0 amide bonds. The van der Waals surface area contributed by atoms with Crippen molar-refractivity contribution in [3.8, 4) is 5.75 Å². The van der Waals surface area contributed by atoms with E-state index in [1.54, 1.807) is 12.1 Å². The van der Waals surface area contributed by atoms with Crippen LogP contribution in [0.2, 0.25) is 0 Å². The van der Waals surface area contributed by atoms with E-state index >= 15 is 0 Å². The van der Waals surface area contributed by atoms with E-state index in [9.17, 15) is 5.11 Å². The van der Waals surface area contributed by atoms with Crippen molar-refractivity contribution in [2.45, 2.75) is 57.7 Å². The molecule has 5 atom stereocenters. The Morgan fingerprint density at radius 3 is 2.61 bits per heavy atom. The maximum Gasteiger partial charge on any atom is 0.475 e. The summed E-state index contributed by atoms with van der Waals surface area (Å²) in [5.41, 5.74) is 7.62. The van der Waals surface area contributed by atoms with Gasteiger partial charge in [0.05, 0.1) is 11.7 Å². The molecular weight excluding hydrogens is 289 g/mol. The summed E-state index contributed by atoms with van der Waals surface area (Å²) in [6.45, 7) is 6.94. The van der Waals surface area contributed by atoms with Crippen LogP contribution in [0.25, 0.3) is 0 Å². The van der Waals surface area contributed by atoms with Crippen LogP contribution in [0.4, 0.5) is 0 Å². The van der Waals surface area contributed by atoms with Crippen LogP contribution in [0, 0.1) is 17.3 Å². The quantitative estimate of drug-likeness (QED) is 0.841. The summed E-state index contributed by atoms with van der Waals surface area (Å²) in [4.78, 5) is 0. The number of aromatic hydroxyl groups is 1. The van der Waals surface area contributed by atoms with Gasteiger partial charge in [-0.2, -0.15) is 0 Å². The van der Waals surface area contributed by atoms with Gasteiger partial charge in [0, 0.05) is 5.94 Å². The van der Waals surface area contributed by atoms with E-state index < -0.39 is 0 Å². The molecule has 0 radical (unpaired) electrons. The topological polar surface area (TPSA) is 64.7 Å². The number of hydrogen-bond acceptors (Lipinski definition) is 4. The van der Waals surface area contributed by atoms with Crippen LogP contribution in [0.15, 0.2) is 24.3 Å². The molecule has 1 aromatic carbocycles. The minimum atomic E-state index is -0.339. The van der Waals surface area contributed by atoms with Crippen molar-refractivity contribution in [3.63, 3.8) is 0 Å². The van der Waals surface area contributed by atoms with Gasteiger partial charge in [0.2, 0.25) is 0 Å². The summed E-state index contributed by atoms with van der Waals surface area (Å²) in [6.07, 6.45) is 3.20. The van der Waals surface area contributed by atoms with E-state index in [4.69, 9.17) is 15.0 Å². The summed E-state index contributed by atoms with van der Waals surface area (Å²) in [6, 6.07) is 7.19. The molecule has 0 spiro atoms. The van der Waals surface area contributed by atoms with Crippen LogP contribution in [-0.2, 0) is 15.7 Å². The predicted molar refractivity (Wildman–Crippen MR) is 89.9 cm³/mol. The Labute approximate surface area is 138 Å². The van der Waals surface area contributed by atoms with Crippen molar-refractivity contribution in [1.82, 2.24) is 0 Å². The van der Waals surface area contributed by atoms with E-state index in [1.165, 1.54) is 6.42 Å². The SMILES string of the molecule is CC1(C)[C@@H]2C[C@@H]3OB([C@@H](N)Cc4ccc(O)cc4)O[C@@]3(C)[C@H]1C2. The van der Waals surface area contributed by atoms with Gasteiger partial charge < -0.3 is 20.1 Å². The van der Waals surface area contributed by atoms with E-state index in [0.717, 1.165) is 17.9 Å².